The highest BCUT2D eigenvalue weighted by atomic mass is 16.5. The Morgan fingerprint density at radius 2 is 2.13 bits per heavy atom. The Kier molecular flexibility index (Phi) is 4.45. The van der Waals surface area contributed by atoms with E-state index < -0.39 is 12.1 Å². The van der Waals surface area contributed by atoms with Gasteiger partial charge in [-0.1, -0.05) is 12.1 Å². The van der Waals surface area contributed by atoms with Gasteiger partial charge in [0.15, 0.2) is 0 Å². The molecule has 1 atom stereocenters. The molecular formula is C25H27N3O3. The van der Waals surface area contributed by atoms with Crippen LogP contribution in [0.5, 0.6) is 11.5 Å². The van der Waals surface area contributed by atoms with Crippen LogP contribution in [0.15, 0.2) is 48.7 Å². The van der Waals surface area contributed by atoms with Crippen LogP contribution < -0.4 is 20.1 Å². The van der Waals surface area contributed by atoms with Crippen molar-refractivity contribution < 1.29 is 17.0 Å². The normalized spacial score (nSPS) is 20.3. The van der Waals surface area contributed by atoms with Crippen LogP contribution in [0.1, 0.15) is 43.5 Å². The molecule has 1 unspecified atom stereocenters. The summed E-state index contributed by atoms with van der Waals surface area (Å²) in [6.07, 6.45) is 4.11. The third-order valence-electron chi connectivity index (χ3n) is 6.14. The van der Waals surface area contributed by atoms with Gasteiger partial charge < -0.3 is 20.1 Å². The van der Waals surface area contributed by atoms with Gasteiger partial charge in [-0.15, -0.1) is 0 Å². The highest BCUT2D eigenvalue weighted by Gasteiger charge is 2.47. The minimum atomic E-state index is -1.84. The number of aryl methyl sites for hydroxylation is 1. The van der Waals surface area contributed by atoms with E-state index in [0.29, 0.717) is 17.1 Å². The predicted molar refractivity (Wildman–Crippen MR) is 120 cm³/mol. The summed E-state index contributed by atoms with van der Waals surface area (Å²) in [5, 5.41) is 7.27. The Morgan fingerprint density at radius 1 is 1.29 bits per heavy atom. The fourth-order valence-corrected chi connectivity index (χ4v) is 3.98. The first-order valence-electron chi connectivity index (χ1n) is 11.6. The van der Waals surface area contributed by atoms with Gasteiger partial charge in [0.25, 0.3) is 5.91 Å². The number of carbonyl (C=O) groups excluding carboxylic acids is 1. The van der Waals surface area contributed by atoms with Crippen molar-refractivity contribution >= 4 is 16.8 Å². The van der Waals surface area contributed by atoms with Crippen molar-refractivity contribution in [3.63, 3.8) is 0 Å². The van der Waals surface area contributed by atoms with E-state index >= 15 is 0 Å². The summed E-state index contributed by atoms with van der Waals surface area (Å²) in [6.45, 7) is 0.808. The molecule has 5 rings (SSSR count). The highest BCUT2D eigenvalue weighted by Crippen LogP contribution is 2.49. The Hall–Kier alpha value is -3.12. The number of rotatable bonds is 7. The number of carbonyl (C=O) groups is 1. The van der Waals surface area contributed by atoms with Crippen LogP contribution in [0.4, 0.5) is 0 Å². The van der Waals surface area contributed by atoms with Gasteiger partial charge in [-0.3, -0.25) is 9.78 Å². The van der Waals surface area contributed by atoms with E-state index in [9.17, 15) is 4.79 Å². The maximum Gasteiger partial charge on any atom is 0.252 e. The smallest absolute Gasteiger partial charge is 0.252 e. The van der Waals surface area contributed by atoms with Gasteiger partial charge in [0.2, 0.25) is 0 Å². The zero-order valence-corrected chi connectivity index (χ0v) is 17.7. The van der Waals surface area contributed by atoms with Gasteiger partial charge in [0.05, 0.1) is 20.9 Å². The molecule has 0 spiro atoms. The standard InChI is InChI=1S/C25H27N3O3/c1-16-5-6-18(31-15-17-7-11-26-17)12-21(16)24(29)28-25(8-9-25)22-13-19(30-2)14-23-20(22)4-3-10-27-23/h3-6,10,12-14,17,26H,7-9,11,15H2,1-2H3,(H,28,29)/i15D2. The molecule has 1 saturated heterocycles. The minimum absolute atomic E-state index is 0.211. The number of aromatic nitrogens is 1. The minimum Gasteiger partial charge on any atom is -0.497 e. The average molecular weight is 420 g/mol. The van der Waals surface area contributed by atoms with E-state index in [-0.39, 0.29) is 11.9 Å². The summed E-state index contributed by atoms with van der Waals surface area (Å²) in [4.78, 5) is 17.8. The van der Waals surface area contributed by atoms with Crippen molar-refractivity contribution in [2.24, 2.45) is 0 Å². The van der Waals surface area contributed by atoms with Crippen molar-refractivity contribution in [1.82, 2.24) is 15.6 Å². The second-order valence-corrected chi connectivity index (χ2v) is 8.27. The molecule has 1 aromatic heterocycles. The van der Waals surface area contributed by atoms with E-state index in [1.807, 2.05) is 31.2 Å². The second kappa shape index (κ2) is 7.85. The zero-order valence-electron chi connectivity index (χ0n) is 19.7. The van der Waals surface area contributed by atoms with Gasteiger partial charge in [-0.25, -0.2) is 0 Å². The average Bonchev–Trinajstić information content (AvgIpc) is 3.52. The first-order valence-corrected chi connectivity index (χ1v) is 10.6. The van der Waals surface area contributed by atoms with Crippen molar-refractivity contribution in [3.8, 4) is 11.5 Å². The molecule has 2 aromatic carbocycles. The first kappa shape index (κ1) is 17.5. The maximum absolute atomic E-state index is 13.4. The number of hydrogen-bond acceptors (Lipinski definition) is 5. The fourth-order valence-electron chi connectivity index (χ4n) is 3.98. The Balaban J connectivity index is 1.43. The van der Waals surface area contributed by atoms with Gasteiger partial charge in [-0.05, 0) is 68.1 Å². The molecule has 1 aliphatic carbocycles. The third kappa shape index (κ3) is 3.83. The molecule has 0 radical (unpaired) electrons. The van der Waals surface area contributed by atoms with Crippen molar-refractivity contribution in [1.29, 1.82) is 0 Å². The number of nitrogens with one attached hydrogen (secondary N) is 2. The molecule has 1 amide bonds. The van der Waals surface area contributed by atoms with Crippen molar-refractivity contribution in [2.75, 3.05) is 20.2 Å². The monoisotopic (exact) mass is 419 g/mol. The van der Waals surface area contributed by atoms with E-state index in [4.69, 9.17) is 12.2 Å². The Morgan fingerprint density at radius 3 is 2.84 bits per heavy atom. The number of fused-ring (bicyclic) bond motifs is 1. The number of hydrogen-bond donors (Lipinski definition) is 2. The summed E-state index contributed by atoms with van der Waals surface area (Å²) in [5.74, 6) is 0.832. The number of ether oxygens (including phenoxy) is 2. The van der Waals surface area contributed by atoms with Crippen LogP contribution in [0.25, 0.3) is 10.9 Å². The van der Waals surface area contributed by atoms with Crippen LogP contribution in [0.2, 0.25) is 0 Å². The van der Waals surface area contributed by atoms with Crippen LogP contribution in [-0.4, -0.2) is 37.1 Å². The van der Waals surface area contributed by atoms with Gasteiger partial charge in [0.1, 0.15) is 18.1 Å². The molecule has 2 fully saturated rings. The topological polar surface area (TPSA) is 72.5 Å². The van der Waals surface area contributed by atoms with Crippen LogP contribution in [0, 0.1) is 6.92 Å². The summed E-state index contributed by atoms with van der Waals surface area (Å²) >= 11 is 0. The lowest BCUT2D eigenvalue weighted by atomic mass is 9.97. The van der Waals surface area contributed by atoms with Crippen molar-refractivity contribution in [3.05, 3.63) is 65.4 Å². The van der Waals surface area contributed by atoms with Crippen LogP contribution >= 0.6 is 0 Å². The molecule has 2 N–H and O–H groups in total. The molecule has 3 aromatic rings. The summed E-state index contributed by atoms with van der Waals surface area (Å²) in [6, 6.07) is 12.6. The van der Waals surface area contributed by atoms with Gasteiger partial charge in [-0.2, -0.15) is 0 Å². The largest absolute Gasteiger partial charge is 0.497 e. The lowest BCUT2D eigenvalue weighted by Gasteiger charge is -2.27. The number of amides is 1. The molecule has 31 heavy (non-hydrogen) atoms. The van der Waals surface area contributed by atoms with Gasteiger partial charge in [0, 0.05) is 29.3 Å². The van der Waals surface area contributed by atoms with E-state index in [1.165, 1.54) is 0 Å². The highest BCUT2D eigenvalue weighted by molar-refractivity contribution is 5.97. The number of benzene rings is 2. The summed E-state index contributed by atoms with van der Waals surface area (Å²) < 4.78 is 27.5. The molecule has 6 nitrogen and oxygen atoms in total. The van der Waals surface area contributed by atoms with E-state index in [0.717, 1.165) is 47.8 Å². The first-order chi connectivity index (χ1) is 15.8. The number of nitrogens with zero attached hydrogens (tertiary/aromatic N) is 1. The quantitative estimate of drug-likeness (QED) is 0.611. The SMILES string of the molecule is [2H]C([2H])(Oc1ccc(C)c(C(=O)NC2(c3cc(OC)cc4ncccc34)CC2)c1)C1CCN1. The van der Waals surface area contributed by atoms with E-state index in [2.05, 4.69) is 15.6 Å². The molecule has 0 bridgehead atoms. The van der Waals surface area contributed by atoms with Crippen LogP contribution in [-0.2, 0) is 5.54 Å². The molecule has 1 aliphatic heterocycles. The molecule has 1 saturated carbocycles. The van der Waals surface area contributed by atoms with Crippen molar-refractivity contribution in [2.45, 2.75) is 37.8 Å². The predicted octanol–water partition coefficient (Wildman–Crippen LogP) is 3.71. The molecule has 2 aliphatic rings. The zero-order chi connectivity index (χ0) is 23.2. The molecule has 160 valence electrons. The fraction of sp³-hybridized carbons (Fsp3) is 0.360. The van der Waals surface area contributed by atoms with E-state index in [1.54, 1.807) is 31.5 Å². The second-order valence-electron chi connectivity index (χ2n) is 8.27. The Bertz CT molecular complexity index is 1220. The maximum atomic E-state index is 13.4. The lowest BCUT2D eigenvalue weighted by Crippen LogP contribution is -2.46. The summed E-state index contributed by atoms with van der Waals surface area (Å²) in [7, 11) is 1.62. The lowest BCUT2D eigenvalue weighted by molar-refractivity contribution is 0.0930. The molecule has 2 heterocycles. The number of methoxy groups -OCH3 is 1. The van der Waals surface area contributed by atoms with Gasteiger partial charge >= 0.3 is 0 Å². The Labute approximate surface area is 184 Å². The third-order valence-corrected chi connectivity index (χ3v) is 6.14. The van der Waals surface area contributed by atoms with Crippen LogP contribution in [0.3, 0.4) is 0 Å². The number of pyridine rings is 1. The summed E-state index contributed by atoms with van der Waals surface area (Å²) in [5.41, 5.74) is 2.61. The molecule has 6 heteroatoms. The molecular weight excluding hydrogens is 390 g/mol.